The van der Waals surface area contributed by atoms with Crippen LogP contribution in [0, 0.1) is 5.92 Å². The first-order chi connectivity index (χ1) is 9.31. The highest BCUT2D eigenvalue weighted by Crippen LogP contribution is 2.23. The summed E-state index contributed by atoms with van der Waals surface area (Å²) in [6.45, 7) is 1.38. The van der Waals surface area contributed by atoms with Crippen molar-refractivity contribution in [3.63, 3.8) is 0 Å². The van der Waals surface area contributed by atoms with Crippen LogP contribution in [0.3, 0.4) is 0 Å². The van der Waals surface area contributed by atoms with Gasteiger partial charge in [-0.15, -0.1) is 13.2 Å². The third-order valence-corrected chi connectivity index (χ3v) is 2.32. The lowest BCUT2D eigenvalue weighted by molar-refractivity contribution is -0.340. The first-order valence-corrected chi connectivity index (χ1v) is 5.78. The molecule has 2 unspecified atom stereocenters. The second-order valence-electron chi connectivity index (χ2n) is 4.14. The van der Waals surface area contributed by atoms with Crippen LogP contribution in [-0.2, 0) is 14.3 Å². The van der Waals surface area contributed by atoms with Gasteiger partial charge in [-0.1, -0.05) is 25.1 Å². The molecule has 0 aliphatic rings. The van der Waals surface area contributed by atoms with Crippen molar-refractivity contribution >= 4 is 12.3 Å². The van der Waals surface area contributed by atoms with Gasteiger partial charge in [0.15, 0.2) is 6.10 Å². The number of halogens is 3. The van der Waals surface area contributed by atoms with E-state index in [0.717, 1.165) is 0 Å². The number of para-hydroxylation sites is 1. The van der Waals surface area contributed by atoms with Gasteiger partial charge in [0, 0.05) is 5.92 Å². The molecule has 20 heavy (non-hydrogen) atoms. The highest BCUT2D eigenvalue weighted by molar-refractivity contribution is 5.77. The quantitative estimate of drug-likeness (QED) is 0.459. The van der Waals surface area contributed by atoms with Crippen molar-refractivity contribution in [2.45, 2.75) is 25.8 Å². The maximum atomic E-state index is 12.2. The Morgan fingerprint density at radius 1 is 1.30 bits per heavy atom. The topological polar surface area (TPSA) is 52.6 Å². The van der Waals surface area contributed by atoms with Crippen LogP contribution in [0.5, 0.6) is 5.75 Å². The number of alkyl halides is 3. The van der Waals surface area contributed by atoms with E-state index in [1.165, 1.54) is 19.1 Å². The van der Waals surface area contributed by atoms with E-state index in [1.54, 1.807) is 18.2 Å². The molecular formula is C13H13F3O4. The molecule has 0 aliphatic heterocycles. The number of carbonyl (C=O) groups excluding carboxylic acids is 2. The van der Waals surface area contributed by atoms with Crippen LogP contribution >= 0.6 is 0 Å². The largest absolute Gasteiger partial charge is 0.523 e. The average Bonchev–Trinajstić information content (AvgIpc) is 2.37. The van der Waals surface area contributed by atoms with E-state index in [2.05, 4.69) is 4.74 Å². The van der Waals surface area contributed by atoms with Crippen molar-refractivity contribution in [3.8, 4) is 5.75 Å². The van der Waals surface area contributed by atoms with Gasteiger partial charge < -0.3 is 9.53 Å². The van der Waals surface area contributed by atoms with E-state index >= 15 is 0 Å². The Kier molecular flexibility index (Phi) is 5.69. The summed E-state index contributed by atoms with van der Waals surface area (Å²) in [6, 6.07) is 7.64. The molecule has 4 nitrogen and oxygen atoms in total. The van der Waals surface area contributed by atoms with E-state index in [9.17, 15) is 22.8 Å². The molecule has 0 aliphatic carbocycles. The molecule has 0 N–H and O–H groups in total. The van der Waals surface area contributed by atoms with Gasteiger partial charge in [-0.2, -0.15) is 0 Å². The van der Waals surface area contributed by atoms with Crippen molar-refractivity contribution < 1.29 is 32.2 Å². The third kappa shape index (κ3) is 5.83. The molecule has 0 spiro atoms. The average molecular weight is 290 g/mol. The van der Waals surface area contributed by atoms with Crippen molar-refractivity contribution in [3.05, 3.63) is 30.3 Å². The standard InChI is InChI=1S/C13H13F3O4/c1-9(8-17)7-11(20-13(14,15)16)12(18)19-10-5-3-2-4-6-10/h2-6,8-9,11H,7H2,1H3. The second kappa shape index (κ2) is 7.04. The van der Waals surface area contributed by atoms with E-state index in [0.29, 0.717) is 6.29 Å². The summed E-state index contributed by atoms with van der Waals surface area (Å²) in [5.74, 6) is -1.85. The molecule has 0 aromatic heterocycles. The lowest BCUT2D eigenvalue weighted by atomic mass is 10.1. The molecule has 110 valence electrons. The van der Waals surface area contributed by atoms with E-state index in [1.807, 2.05) is 0 Å². The van der Waals surface area contributed by atoms with Crippen LogP contribution in [0.1, 0.15) is 13.3 Å². The van der Waals surface area contributed by atoms with Crippen LogP contribution in [0.15, 0.2) is 30.3 Å². The molecule has 0 amide bonds. The van der Waals surface area contributed by atoms with Gasteiger partial charge in [-0.05, 0) is 18.6 Å². The number of benzene rings is 1. The lowest BCUT2D eigenvalue weighted by Gasteiger charge is -2.19. The smallest absolute Gasteiger partial charge is 0.425 e. The fraction of sp³-hybridized carbons (Fsp3) is 0.385. The van der Waals surface area contributed by atoms with E-state index in [4.69, 9.17) is 4.74 Å². The first-order valence-electron chi connectivity index (χ1n) is 5.78. The Hall–Kier alpha value is -1.89. The number of carbonyl (C=O) groups is 2. The molecular weight excluding hydrogens is 277 g/mol. The Morgan fingerprint density at radius 2 is 1.90 bits per heavy atom. The zero-order chi connectivity index (χ0) is 15.2. The van der Waals surface area contributed by atoms with Gasteiger partial charge in [0.25, 0.3) is 0 Å². The van der Waals surface area contributed by atoms with Crippen molar-refractivity contribution in [2.75, 3.05) is 0 Å². The molecule has 0 saturated heterocycles. The fourth-order valence-corrected chi connectivity index (χ4v) is 1.42. The number of hydrogen-bond donors (Lipinski definition) is 0. The van der Waals surface area contributed by atoms with Gasteiger partial charge in [0.2, 0.25) is 0 Å². The van der Waals surface area contributed by atoms with Crippen LogP contribution in [0.2, 0.25) is 0 Å². The third-order valence-electron chi connectivity index (χ3n) is 2.32. The number of esters is 1. The van der Waals surface area contributed by atoms with Gasteiger partial charge in [0.05, 0.1) is 0 Å². The summed E-state index contributed by atoms with van der Waals surface area (Å²) < 4.78 is 45.2. The highest BCUT2D eigenvalue weighted by Gasteiger charge is 2.38. The molecule has 0 saturated carbocycles. The summed E-state index contributed by atoms with van der Waals surface area (Å²) in [4.78, 5) is 22.2. The van der Waals surface area contributed by atoms with Gasteiger partial charge in [-0.25, -0.2) is 4.79 Å². The molecule has 0 fully saturated rings. The van der Waals surface area contributed by atoms with E-state index in [-0.39, 0.29) is 5.75 Å². The summed E-state index contributed by atoms with van der Waals surface area (Å²) in [7, 11) is 0. The maximum Gasteiger partial charge on any atom is 0.523 e. The monoisotopic (exact) mass is 290 g/mol. The number of hydrogen-bond acceptors (Lipinski definition) is 4. The number of ether oxygens (including phenoxy) is 2. The summed E-state index contributed by atoms with van der Waals surface area (Å²) >= 11 is 0. The van der Waals surface area contributed by atoms with Gasteiger partial charge in [-0.3, -0.25) is 4.74 Å². The van der Waals surface area contributed by atoms with Gasteiger partial charge in [0.1, 0.15) is 12.0 Å². The first kappa shape index (κ1) is 16.2. The molecule has 0 bridgehead atoms. The highest BCUT2D eigenvalue weighted by atomic mass is 19.4. The number of aldehydes is 1. The molecule has 1 rings (SSSR count). The minimum Gasteiger partial charge on any atom is -0.425 e. The minimum absolute atomic E-state index is 0.104. The molecule has 2 atom stereocenters. The minimum atomic E-state index is -4.98. The Bertz CT molecular complexity index is 445. The van der Waals surface area contributed by atoms with Gasteiger partial charge >= 0.3 is 12.3 Å². The summed E-state index contributed by atoms with van der Waals surface area (Å²) in [5, 5.41) is 0. The predicted molar refractivity (Wildman–Crippen MR) is 62.9 cm³/mol. The van der Waals surface area contributed by atoms with Crippen LogP contribution < -0.4 is 4.74 Å². The molecule has 0 heterocycles. The van der Waals surface area contributed by atoms with Crippen LogP contribution in [0.4, 0.5) is 13.2 Å². The Labute approximate surface area is 113 Å². The van der Waals surface area contributed by atoms with E-state index < -0.39 is 30.8 Å². The number of rotatable bonds is 6. The second-order valence-corrected chi connectivity index (χ2v) is 4.14. The Balaban J connectivity index is 2.75. The summed E-state index contributed by atoms with van der Waals surface area (Å²) in [5.41, 5.74) is 0. The Morgan fingerprint density at radius 3 is 2.40 bits per heavy atom. The maximum absolute atomic E-state index is 12.2. The lowest BCUT2D eigenvalue weighted by Crippen LogP contribution is -2.35. The molecule has 1 aromatic rings. The summed E-state index contributed by atoms with van der Waals surface area (Å²) in [6.07, 6.45) is -6.82. The molecule has 0 radical (unpaired) electrons. The van der Waals surface area contributed by atoms with Crippen molar-refractivity contribution in [2.24, 2.45) is 5.92 Å². The molecule has 1 aromatic carbocycles. The van der Waals surface area contributed by atoms with Crippen LogP contribution in [0.25, 0.3) is 0 Å². The van der Waals surface area contributed by atoms with Crippen molar-refractivity contribution in [1.29, 1.82) is 0 Å². The fourth-order valence-electron chi connectivity index (χ4n) is 1.42. The normalized spacial score (nSPS) is 14.4. The zero-order valence-electron chi connectivity index (χ0n) is 10.6. The SMILES string of the molecule is CC(C=O)CC(OC(F)(F)F)C(=O)Oc1ccccc1. The predicted octanol–water partition coefficient (Wildman–Crippen LogP) is 2.72. The van der Waals surface area contributed by atoms with Crippen LogP contribution in [-0.4, -0.2) is 24.7 Å². The van der Waals surface area contributed by atoms with Crippen molar-refractivity contribution in [1.82, 2.24) is 0 Å². The zero-order valence-corrected chi connectivity index (χ0v) is 10.6. The molecule has 7 heteroatoms.